The minimum absolute atomic E-state index is 0.0103. The molecule has 4 aromatic rings. The van der Waals surface area contributed by atoms with Crippen LogP contribution in [0.3, 0.4) is 0 Å². The summed E-state index contributed by atoms with van der Waals surface area (Å²) in [6, 6.07) is 17.1. The second kappa shape index (κ2) is 10.7. The number of hydrogen-bond donors (Lipinski definition) is 1. The van der Waals surface area contributed by atoms with Gasteiger partial charge in [0.2, 0.25) is 9.84 Å². The van der Waals surface area contributed by atoms with Crippen LogP contribution in [0.2, 0.25) is 5.02 Å². The molecule has 0 unspecified atom stereocenters. The minimum atomic E-state index is -3.92. The number of hydrogen-bond acceptors (Lipinski definition) is 8. The van der Waals surface area contributed by atoms with E-state index in [1.54, 1.807) is 6.07 Å². The lowest BCUT2D eigenvalue weighted by Crippen LogP contribution is -2.15. The van der Waals surface area contributed by atoms with Crippen LogP contribution in [0.15, 0.2) is 88.8 Å². The van der Waals surface area contributed by atoms with E-state index in [0.29, 0.717) is 5.02 Å². The van der Waals surface area contributed by atoms with Gasteiger partial charge < -0.3 is 14.8 Å². The van der Waals surface area contributed by atoms with Gasteiger partial charge in [-0.3, -0.25) is 14.9 Å². The zero-order valence-electron chi connectivity index (χ0n) is 19.2. The number of halogens is 1. The first-order chi connectivity index (χ1) is 17.7. The molecule has 0 aliphatic heterocycles. The molecule has 37 heavy (non-hydrogen) atoms. The Morgan fingerprint density at radius 1 is 1.08 bits per heavy atom. The Morgan fingerprint density at radius 3 is 2.51 bits per heavy atom. The molecular weight excluding hydrogens is 524 g/mol. The minimum Gasteiger partial charge on any atom is -0.497 e. The molecular formula is C24H19ClN4O7S. The SMILES string of the molecule is COc1cc(NC(=O)c2ccn(COc3ccccc3[N+](=O)[O-])n2)cc(S(=O)(=O)c2ccc(Cl)cc2)c1. The van der Waals surface area contributed by atoms with E-state index in [0.717, 1.165) is 0 Å². The van der Waals surface area contributed by atoms with Gasteiger partial charge in [-0.15, -0.1) is 0 Å². The molecule has 0 saturated heterocycles. The summed E-state index contributed by atoms with van der Waals surface area (Å²) in [6.45, 7) is -0.180. The van der Waals surface area contributed by atoms with Crippen LogP contribution in [0.5, 0.6) is 11.5 Å². The van der Waals surface area contributed by atoms with Gasteiger partial charge in [-0.25, -0.2) is 13.1 Å². The van der Waals surface area contributed by atoms with Gasteiger partial charge in [0.05, 0.1) is 21.8 Å². The maximum absolute atomic E-state index is 13.1. The zero-order chi connectivity index (χ0) is 26.6. The highest BCUT2D eigenvalue weighted by Crippen LogP contribution is 2.29. The van der Waals surface area contributed by atoms with E-state index in [1.807, 2.05) is 0 Å². The van der Waals surface area contributed by atoms with Crippen molar-refractivity contribution in [2.24, 2.45) is 0 Å². The molecule has 0 spiro atoms. The highest BCUT2D eigenvalue weighted by molar-refractivity contribution is 7.91. The molecule has 1 heterocycles. The van der Waals surface area contributed by atoms with Crippen molar-refractivity contribution >= 4 is 38.7 Å². The van der Waals surface area contributed by atoms with Crippen LogP contribution in [-0.2, 0) is 16.6 Å². The fourth-order valence-corrected chi connectivity index (χ4v) is 4.73. The number of amides is 1. The summed E-state index contributed by atoms with van der Waals surface area (Å²) in [7, 11) is -2.55. The predicted octanol–water partition coefficient (Wildman–Crippen LogP) is 4.57. The quantitative estimate of drug-likeness (QED) is 0.239. The number of benzene rings is 3. The first kappa shape index (κ1) is 25.7. The van der Waals surface area contributed by atoms with Crippen molar-refractivity contribution in [3.05, 3.63) is 99.8 Å². The molecule has 190 valence electrons. The number of carbonyl (C=O) groups is 1. The van der Waals surface area contributed by atoms with Crippen LogP contribution in [0.1, 0.15) is 10.5 Å². The molecule has 13 heteroatoms. The van der Waals surface area contributed by atoms with Crippen molar-refractivity contribution in [1.82, 2.24) is 9.78 Å². The summed E-state index contributed by atoms with van der Waals surface area (Å²) in [5.74, 6) is -0.346. The smallest absolute Gasteiger partial charge is 0.311 e. The number of rotatable bonds is 9. The molecule has 11 nitrogen and oxygen atoms in total. The number of nitro groups is 1. The van der Waals surface area contributed by atoms with Crippen LogP contribution in [0, 0.1) is 10.1 Å². The highest BCUT2D eigenvalue weighted by atomic mass is 35.5. The number of aromatic nitrogens is 2. The van der Waals surface area contributed by atoms with Gasteiger partial charge in [0.1, 0.15) is 5.75 Å². The summed E-state index contributed by atoms with van der Waals surface area (Å²) in [5, 5.41) is 18.2. The Balaban J connectivity index is 1.51. The lowest BCUT2D eigenvalue weighted by molar-refractivity contribution is -0.386. The molecule has 1 N–H and O–H groups in total. The van der Waals surface area contributed by atoms with E-state index in [4.69, 9.17) is 21.1 Å². The fraction of sp³-hybridized carbons (Fsp3) is 0.0833. The van der Waals surface area contributed by atoms with Crippen molar-refractivity contribution in [3.8, 4) is 11.5 Å². The second-order valence-electron chi connectivity index (χ2n) is 7.55. The average molecular weight is 543 g/mol. The van der Waals surface area contributed by atoms with Gasteiger partial charge >= 0.3 is 5.69 Å². The third-order valence-electron chi connectivity index (χ3n) is 5.10. The molecule has 4 rings (SSSR count). The van der Waals surface area contributed by atoms with Crippen LogP contribution >= 0.6 is 11.6 Å². The van der Waals surface area contributed by atoms with E-state index in [1.165, 1.54) is 84.7 Å². The number of anilines is 1. The first-order valence-electron chi connectivity index (χ1n) is 10.6. The number of sulfone groups is 1. The van der Waals surface area contributed by atoms with Crippen molar-refractivity contribution in [1.29, 1.82) is 0 Å². The Hall–Kier alpha value is -4.42. The van der Waals surface area contributed by atoms with E-state index in [2.05, 4.69) is 10.4 Å². The number of ether oxygens (including phenoxy) is 2. The molecule has 0 aliphatic rings. The Bertz CT molecular complexity index is 1570. The summed E-state index contributed by atoms with van der Waals surface area (Å²) in [5.41, 5.74) is -0.0197. The molecule has 0 radical (unpaired) electrons. The van der Waals surface area contributed by atoms with Gasteiger partial charge in [0.15, 0.2) is 18.2 Å². The predicted molar refractivity (Wildman–Crippen MR) is 134 cm³/mol. The monoisotopic (exact) mass is 542 g/mol. The van der Waals surface area contributed by atoms with E-state index in [-0.39, 0.29) is 45.1 Å². The van der Waals surface area contributed by atoms with Crippen LogP contribution < -0.4 is 14.8 Å². The van der Waals surface area contributed by atoms with Crippen molar-refractivity contribution in [2.75, 3.05) is 12.4 Å². The van der Waals surface area contributed by atoms with E-state index in [9.17, 15) is 23.3 Å². The molecule has 1 aromatic heterocycles. The van der Waals surface area contributed by atoms with Crippen molar-refractivity contribution in [3.63, 3.8) is 0 Å². The molecule has 3 aromatic carbocycles. The zero-order valence-corrected chi connectivity index (χ0v) is 20.8. The molecule has 0 aliphatic carbocycles. The Labute approximate surface area is 216 Å². The first-order valence-corrected chi connectivity index (χ1v) is 12.4. The van der Waals surface area contributed by atoms with Crippen LogP contribution in [-0.4, -0.2) is 36.1 Å². The third kappa shape index (κ3) is 5.88. The molecule has 0 atom stereocenters. The number of carbonyl (C=O) groups excluding carboxylic acids is 1. The summed E-state index contributed by atoms with van der Waals surface area (Å²) < 4.78 is 38.2. The topological polar surface area (TPSA) is 143 Å². The Kier molecular flexibility index (Phi) is 7.41. The van der Waals surface area contributed by atoms with Crippen LogP contribution in [0.25, 0.3) is 0 Å². The molecule has 0 bridgehead atoms. The second-order valence-corrected chi connectivity index (χ2v) is 9.93. The summed E-state index contributed by atoms with van der Waals surface area (Å²) >= 11 is 5.86. The van der Waals surface area contributed by atoms with Gasteiger partial charge in [0.25, 0.3) is 5.91 Å². The largest absolute Gasteiger partial charge is 0.497 e. The lowest BCUT2D eigenvalue weighted by atomic mass is 10.3. The number of nitrogens with one attached hydrogen (secondary N) is 1. The number of para-hydroxylation sites is 2. The number of nitrogens with zero attached hydrogens (tertiary/aromatic N) is 3. The summed E-state index contributed by atoms with van der Waals surface area (Å²) in [4.78, 5) is 23.3. The maximum Gasteiger partial charge on any atom is 0.311 e. The normalized spacial score (nSPS) is 11.1. The van der Waals surface area contributed by atoms with Crippen LogP contribution in [0.4, 0.5) is 11.4 Å². The van der Waals surface area contributed by atoms with E-state index < -0.39 is 20.7 Å². The number of nitro benzene ring substituents is 1. The standard InChI is InChI=1S/C24H19ClN4O7S/c1-35-18-12-17(13-20(14-18)37(33,34)19-8-6-16(25)7-9-19)26-24(30)21-10-11-28(27-21)15-36-23-5-3-2-4-22(23)29(31)32/h2-14H,15H2,1H3,(H,26,30). The van der Waals surface area contributed by atoms with Crippen molar-refractivity contribution in [2.45, 2.75) is 16.5 Å². The van der Waals surface area contributed by atoms with Gasteiger partial charge in [-0.2, -0.15) is 5.10 Å². The highest BCUT2D eigenvalue weighted by Gasteiger charge is 2.21. The van der Waals surface area contributed by atoms with Crippen molar-refractivity contribution < 1.29 is 27.6 Å². The third-order valence-corrected chi connectivity index (χ3v) is 7.10. The average Bonchev–Trinajstić information content (AvgIpc) is 3.37. The van der Waals surface area contributed by atoms with Gasteiger partial charge in [-0.05, 0) is 48.5 Å². The van der Waals surface area contributed by atoms with E-state index >= 15 is 0 Å². The molecule has 0 fully saturated rings. The number of methoxy groups -OCH3 is 1. The maximum atomic E-state index is 13.1. The van der Waals surface area contributed by atoms with Gasteiger partial charge in [-0.1, -0.05) is 23.7 Å². The molecule has 0 saturated carbocycles. The molecule has 1 amide bonds. The fourth-order valence-electron chi connectivity index (χ4n) is 3.28. The summed E-state index contributed by atoms with van der Waals surface area (Å²) in [6.07, 6.45) is 1.46. The lowest BCUT2D eigenvalue weighted by Gasteiger charge is -2.11. The Morgan fingerprint density at radius 2 is 1.81 bits per heavy atom. The van der Waals surface area contributed by atoms with Gasteiger partial charge in [0, 0.05) is 29.0 Å².